The van der Waals surface area contributed by atoms with Crippen LogP contribution in [0.1, 0.15) is 31.9 Å². The molecule has 0 unspecified atom stereocenters. The molecule has 0 bridgehead atoms. The van der Waals surface area contributed by atoms with Crippen LogP contribution in [0, 0.1) is 18.2 Å². The maximum atomic E-state index is 14.7. The molecule has 3 aromatic carbocycles. The molecule has 0 radical (unpaired) electrons. The van der Waals surface area contributed by atoms with Gasteiger partial charge in [0, 0.05) is 22.2 Å². The molecule has 3 nitrogen and oxygen atoms in total. The molecule has 0 saturated heterocycles. The number of rotatable bonds is 1. The highest BCUT2D eigenvalue weighted by atomic mass is 19.1. The average Bonchev–Trinajstić information content (AvgIpc) is 3.01. The van der Waals surface area contributed by atoms with Gasteiger partial charge in [-0.15, -0.1) is 0 Å². The summed E-state index contributed by atoms with van der Waals surface area (Å²) in [4.78, 5) is 4.54. The summed E-state index contributed by atoms with van der Waals surface area (Å²) in [6.07, 6.45) is 2.80. The van der Waals surface area contributed by atoms with Crippen LogP contribution in [0.2, 0.25) is 0 Å². The van der Waals surface area contributed by atoms with Crippen LogP contribution < -0.4 is 4.57 Å². The molecular weight excluding hydrogens is 385 g/mol. The van der Waals surface area contributed by atoms with Crippen LogP contribution in [-0.2, 0) is 13.5 Å². The van der Waals surface area contributed by atoms with Crippen LogP contribution in [0.25, 0.3) is 49.1 Å². The van der Waals surface area contributed by atoms with Crippen LogP contribution in [0.5, 0.6) is 0 Å². The summed E-state index contributed by atoms with van der Waals surface area (Å²) in [6, 6.07) is 14.4. The quantitative estimate of drug-likeness (QED) is 0.178. The van der Waals surface area contributed by atoms with Gasteiger partial charge in [-0.1, -0.05) is 39.0 Å². The first-order valence-corrected chi connectivity index (χ1v) is 10.8. The molecule has 0 amide bonds. The maximum Gasteiger partial charge on any atom is 0.287 e. The molecule has 0 atom stereocenters. The monoisotopic (exact) mass is 410 g/mol. The fourth-order valence-corrected chi connectivity index (χ4v) is 5.31. The summed E-state index contributed by atoms with van der Waals surface area (Å²) in [7, 11) is 2.02. The predicted octanol–water partition coefficient (Wildman–Crippen LogP) is 6.25. The van der Waals surface area contributed by atoms with Gasteiger partial charge >= 0.3 is 0 Å². The Morgan fingerprint density at radius 1 is 0.968 bits per heavy atom. The lowest BCUT2D eigenvalue weighted by Gasteiger charge is -2.18. The normalized spacial score (nSPS) is 13.0. The van der Waals surface area contributed by atoms with Crippen LogP contribution >= 0.6 is 0 Å². The molecule has 6 aromatic rings. The number of fused-ring (bicyclic) bond motifs is 5. The molecule has 4 heteroatoms. The fraction of sp³-hybridized carbons (Fsp3) is 0.259. The van der Waals surface area contributed by atoms with E-state index in [0.717, 1.165) is 33.9 Å². The number of halogens is 1. The van der Waals surface area contributed by atoms with Gasteiger partial charge in [0.1, 0.15) is 11.3 Å². The molecule has 0 aliphatic carbocycles. The first kappa shape index (κ1) is 18.5. The van der Waals surface area contributed by atoms with Crippen molar-refractivity contribution in [1.82, 2.24) is 9.38 Å². The van der Waals surface area contributed by atoms with E-state index in [4.69, 9.17) is 0 Å². The zero-order chi connectivity index (χ0) is 21.7. The summed E-state index contributed by atoms with van der Waals surface area (Å²) in [5.74, 6) is -0.259. The van der Waals surface area contributed by atoms with E-state index in [1.165, 1.54) is 33.4 Å². The second-order valence-electron chi connectivity index (χ2n) is 10.1. The minimum Gasteiger partial charge on any atom is -0.307 e. The van der Waals surface area contributed by atoms with Gasteiger partial charge in [0.15, 0.2) is 5.52 Å². The molecule has 3 aromatic heterocycles. The standard InChI is InChI=1S/C27H25FN3/c1-15-6-8-18-19-10-16(13-27(2,3)4)7-9-21(19)31-22-12-17(28)11-20-24(22)26(23(15)25(18)31)30(5)14-29-20/h6-12,14H,13H2,1-5H3/q+1. The fourth-order valence-electron chi connectivity index (χ4n) is 5.31. The zero-order valence-electron chi connectivity index (χ0n) is 18.5. The van der Waals surface area contributed by atoms with Crippen LogP contribution in [0.15, 0.2) is 48.8 Å². The molecule has 0 fully saturated rings. The lowest BCUT2D eigenvalue weighted by atomic mass is 9.88. The van der Waals surface area contributed by atoms with E-state index in [9.17, 15) is 4.39 Å². The van der Waals surface area contributed by atoms with Crippen molar-refractivity contribution < 1.29 is 8.96 Å². The van der Waals surface area contributed by atoms with Gasteiger partial charge in [-0.2, -0.15) is 0 Å². The third kappa shape index (κ3) is 2.51. The molecule has 3 heterocycles. The summed E-state index contributed by atoms with van der Waals surface area (Å²) in [5, 5.41) is 4.65. The van der Waals surface area contributed by atoms with Gasteiger partial charge < -0.3 is 4.40 Å². The highest BCUT2D eigenvalue weighted by Gasteiger charge is 2.24. The highest BCUT2D eigenvalue weighted by Crippen LogP contribution is 2.41. The Kier molecular flexibility index (Phi) is 3.52. The van der Waals surface area contributed by atoms with E-state index in [-0.39, 0.29) is 11.2 Å². The number of nitrogens with zero attached hydrogens (tertiary/aromatic N) is 3. The summed E-state index contributed by atoms with van der Waals surface area (Å²) >= 11 is 0. The van der Waals surface area contributed by atoms with E-state index < -0.39 is 0 Å². The number of aryl methyl sites for hydroxylation is 2. The van der Waals surface area contributed by atoms with Gasteiger partial charge in [0.25, 0.3) is 6.33 Å². The van der Waals surface area contributed by atoms with E-state index in [1.54, 1.807) is 12.4 Å². The van der Waals surface area contributed by atoms with E-state index in [2.05, 4.69) is 72.0 Å². The van der Waals surface area contributed by atoms with Crippen molar-refractivity contribution in [2.24, 2.45) is 12.5 Å². The van der Waals surface area contributed by atoms with Crippen molar-refractivity contribution in [3.63, 3.8) is 0 Å². The maximum absolute atomic E-state index is 14.7. The highest BCUT2D eigenvalue weighted by molar-refractivity contribution is 6.25. The summed E-state index contributed by atoms with van der Waals surface area (Å²) < 4.78 is 19.0. The first-order chi connectivity index (χ1) is 14.7. The first-order valence-electron chi connectivity index (χ1n) is 10.8. The number of benzene rings is 3. The van der Waals surface area contributed by atoms with Gasteiger partial charge in [0.2, 0.25) is 0 Å². The van der Waals surface area contributed by atoms with Crippen molar-refractivity contribution >= 4 is 49.1 Å². The lowest BCUT2D eigenvalue weighted by Crippen LogP contribution is -2.30. The van der Waals surface area contributed by atoms with Gasteiger partial charge in [-0.25, -0.2) is 8.96 Å². The topological polar surface area (TPSA) is 21.2 Å². The van der Waals surface area contributed by atoms with E-state index in [1.807, 2.05) is 7.05 Å². The second-order valence-corrected chi connectivity index (χ2v) is 10.1. The third-order valence-electron chi connectivity index (χ3n) is 6.44. The Balaban J connectivity index is 1.92. The minimum absolute atomic E-state index is 0.214. The molecule has 6 rings (SSSR count). The van der Waals surface area contributed by atoms with Crippen LogP contribution in [0.3, 0.4) is 0 Å². The lowest BCUT2D eigenvalue weighted by molar-refractivity contribution is -0.646. The molecule has 0 aliphatic heterocycles. The molecule has 0 spiro atoms. The molecule has 0 aliphatic rings. The molecule has 0 saturated carbocycles. The molecular formula is C27H25FN3+. The van der Waals surface area contributed by atoms with Crippen molar-refractivity contribution in [1.29, 1.82) is 0 Å². The van der Waals surface area contributed by atoms with Crippen LogP contribution in [0.4, 0.5) is 4.39 Å². The van der Waals surface area contributed by atoms with Gasteiger partial charge in [-0.05, 0) is 53.1 Å². The van der Waals surface area contributed by atoms with Crippen molar-refractivity contribution in [2.75, 3.05) is 0 Å². The van der Waals surface area contributed by atoms with Crippen LogP contribution in [-0.4, -0.2) is 9.38 Å². The van der Waals surface area contributed by atoms with Crippen molar-refractivity contribution in [3.8, 4) is 0 Å². The molecule has 154 valence electrons. The van der Waals surface area contributed by atoms with Crippen molar-refractivity contribution in [3.05, 3.63) is 65.7 Å². The smallest absolute Gasteiger partial charge is 0.287 e. The summed E-state index contributed by atoms with van der Waals surface area (Å²) in [5.41, 5.74) is 7.69. The number of hydrogen-bond acceptors (Lipinski definition) is 1. The Bertz CT molecular complexity index is 1670. The minimum atomic E-state index is -0.259. The number of hydrogen-bond donors (Lipinski definition) is 0. The Hall–Kier alpha value is -3.27. The van der Waals surface area contributed by atoms with Crippen molar-refractivity contribution in [2.45, 2.75) is 34.1 Å². The molecule has 31 heavy (non-hydrogen) atoms. The van der Waals surface area contributed by atoms with Gasteiger partial charge in [0.05, 0.1) is 29.0 Å². The Morgan fingerprint density at radius 2 is 1.77 bits per heavy atom. The number of pyridine rings is 1. The van der Waals surface area contributed by atoms with E-state index in [0.29, 0.717) is 5.52 Å². The number of aromatic nitrogens is 3. The summed E-state index contributed by atoms with van der Waals surface area (Å²) in [6.45, 7) is 8.96. The SMILES string of the molecule is Cc1ccc2c3cc(CC(C)(C)C)ccc3n3c4cc(F)cc5nc[n+](C)c(c1c23)c54. The zero-order valence-corrected chi connectivity index (χ0v) is 18.5. The second kappa shape index (κ2) is 5.91. The average molecular weight is 411 g/mol. The Morgan fingerprint density at radius 3 is 2.55 bits per heavy atom. The predicted molar refractivity (Wildman–Crippen MR) is 125 cm³/mol. The molecule has 0 N–H and O–H groups in total. The van der Waals surface area contributed by atoms with Gasteiger partial charge in [-0.3, -0.25) is 0 Å². The third-order valence-corrected chi connectivity index (χ3v) is 6.44. The van der Waals surface area contributed by atoms with E-state index >= 15 is 0 Å². The Labute approximate surface area is 180 Å². The largest absolute Gasteiger partial charge is 0.307 e.